The number of para-hydroxylation sites is 1. The van der Waals surface area contributed by atoms with Gasteiger partial charge in [-0.05, 0) is 161 Å². The van der Waals surface area contributed by atoms with Gasteiger partial charge < -0.3 is 5.11 Å². The summed E-state index contributed by atoms with van der Waals surface area (Å²) in [5.41, 5.74) is 15.2. The lowest BCUT2D eigenvalue weighted by Gasteiger charge is -2.21. The van der Waals surface area contributed by atoms with Gasteiger partial charge >= 0.3 is 0 Å². The van der Waals surface area contributed by atoms with Crippen molar-refractivity contribution >= 4 is 11.0 Å². The average Bonchev–Trinajstić information content (AvgIpc) is 3.69. The molecule has 0 spiro atoms. The summed E-state index contributed by atoms with van der Waals surface area (Å²) in [5.74, 6) is -1.65. The van der Waals surface area contributed by atoms with E-state index in [1.807, 2.05) is 110 Å². The topological polar surface area (TPSA) is 50.9 Å². The highest BCUT2D eigenvalue weighted by Crippen LogP contribution is 2.43. The molecule has 2 heterocycles. The molecule has 1 N–H and O–H groups in total. The Labute approximate surface area is 373 Å². The number of fused-ring (bicyclic) bond motifs is 1. The molecule has 4 heteroatoms. The molecule has 2 aromatic heterocycles. The molecule has 9 aromatic rings. The Morgan fingerprint density at radius 3 is 1.95 bits per heavy atom. The molecule has 0 unspecified atom stereocenters. The van der Waals surface area contributed by atoms with Crippen molar-refractivity contribution in [3.8, 4) is 78.6 Å². The normalized spacial score (nSPS) is 13.3. The van der Waals surface area contributed by atoms with Crippen LogP contribution in [0.1, 0.15) is 79.7 Å². The Balaban J connectivity index is 1.32. The minimum Gasteiger partial charge on any atom is -0.507 e. The number of hydrogen-bond acceptors (Lipinski definition) is 3. The summed E-state index contributed by atoms with van der Waals surface area (Å²) in [6.45, 7) is 10.5. The van der Waals surface area contributed by atoms with E-state index in [1.165, 1.54) is 5.56 Å². The van der Waals surface area contributed by atoms with Crippen LogP contribution in [-0.2, 0) is 0 Å². The van der Waals surface area contributed by atoms with Crippen molar-refractivity contribution in [1.29, 1.82) is 0 Å². The number of rotatable bonds is 9. The van der Waals surface area contributed by atoms with E-state index in [-0.39, 0.29) is 11.3 Å². The van der Waals surface area contributed by atoms with Crippen molar-refractivity contribution in [3.05, 3.63) is 191 Å². The predicted molar refractivity (Wildman–Crippen MR) is 260 cm³/mol. The zero-order valence-electron chi connectivity index (χ0n) is 41.3. The second-order valence-corrected chi connectivity index (χ2v) is 16.8. The summed E-state index contributed by atoms with van der Waals surface area (Å²) in [7, 11) is 0. The smallest absolute Gasteiger partial charge is 0.149 e. The number of aryl methyl sites for hydroxylation is 4. The Bertz CT molecular complexity index is 3310. The van der Waals surface area contributed by atoms with Gasteiger partial charge in [0.05, 0.1) is 28.0 Å². The van der Waals surface area contributed by atoms with Crippen molar-refractivity contribution in [3.63, 3.8) is 0 Å². The van der Waals surface area contributed by atoms with Crippen LogP contribution in [0.25, 0.3) is 83.9 Å². The van der Waals surface area contributed by atoms with Crippen molar-refractivity contribution in [2.45, 2.75) is 67.1 Å². The van der Waals surface area contributed by atoms with Crippen LogP contribution in [0, 0.1) is 27.6 Å². The highest BCUT2D eigenvalue weighted by Gasteiger charge is 2.24. The van der Waals surface area contributed by atoms with Gasteiger partial charge in [-0.15, -0.1) is 0 Å². The van der Waals surface area contributed by atoms with Gasteiger partial charge in [0.25, 0.3) is 0 Å². The molecule has 0 amide bonds. The fraction of sp³-hybridized carbons (Fsp3) is 0.172. The standard InChI is InChI=1S/C58H53N3O/c1-35(2)48-16-12-17-49(36(3)4)55(48)44-24-25-53(39(7)30-44)61-54-19-13-18-50(56(54)60-58(61)51-29-38(6)28-40(8)57(51)62)46-31-45(41-14-10-9-11-15-41)32-47(33-46)52-34-43(26-27-59-52)42-22-20-37(5)21-23-42/h9-36,62H,1-8H3/i7D3,35D,36D. The maximum absolute atomic E-state index is 11.8. The molecule has 7 aromatic carbocycles. The second kappa shape index (κ2) is 16.4. The molecule has 4 nitrogen and oxygen atoms in total. The van der Waals surface area contributed by atoms with Gasteiger partial charge in [0, 0.05) is 24.2 Å². The van der Waals surface area contributed by atoms with Crippen molar-refractivity contribution < 1.29 is 12.0 Å². The van der Waals surface area contributed by atoms with E-state index in [9.17, 15) is 5.11 Å². The Kier molecular flexibility index (Phi) is 9.19. The Hall–Kier alpha value is -7.04. The van der Waals surface area contributed by atoms with E-state index in [4.69, 9.17) is 16.8 Å². The molecule has 62 heavy (non-hydrogen) atoms. The van der Waals surface area contributed by atoms with Gasteiger partial charge in [-0.25, -0.2) is 4.98 Å². The number of aromatic hydroxyl groups is 1. The summed E-state index contributed by atoms with van der Waals surface area (Å²) >= 11 is 0. The van der Waals surface area contributed by atoms with Crippen LogP contribution in [-0.4, -0.2) is 19.6 Å². The lowest BCUT2D eigenvalue weighted by atomic mass is 9.84. The fourth-order valence-electron chi connectivity index (χ4n) is 8.71. The molecule has 0 aliphatic rings. The highest BCUT2D eigenvalue weighted by molar-refractivity contribution is 5.98. The molecule has 0 bridgehead atoms. The molecule has 0 radical (unpaired) electrons. The third-order valence-corrected chi connectivity index (χ3v) is 11.8. The van der Waals surface area contributed by atoms with E-state index in [1.54, 1.807) is 33.8 Å². The highest BCUT2D eigenvalue weighted by atomic mass is 16.3. The van der Waals surface area contributed by atoms with Crippen molar-refractivity contribution in [1.82, 2.24) is 14.5 Å². The van der Waals surface area contributed by atoms with E-state index >= 15 is 0 Å². The summed E-state index contributed by atoms with van der Waals surface area (Å²) in [6.07, 6.45) is 1.85. The van der Waals surface area contributed by atoms with Crippen LogP contribution < -0.4 is 0 Å². The molecule has 0 aliphatic carbocycles. The maximum Gasteiger partial charge on any atom is 0.149 e. The van der Waals surface area contributed by atoms with Crippen LogP contribution in [0.2, 0.25) is 0 Å². The number of benzene rings is 7. The molecule has 0 saturated heterocycles. The van der Waals surface area contributed by atoms with Crippen LogP contribution in [0.3, 0.4) is 0 Å². The van der Waals surface area contributed by atoms with Gasteiger partial charge in [-0.2, -0.15) is 0 Å². The molecule has 0 fully saturated rings. The first-order chi connectivity index (χ1) is 31.8. The number of pyridine rings is 1. The lowest BCUT2D eigenvalue weighted by molar-refractivity contribution is 0.472. The predicted octanol–water partition coefficient (Wildman–Crippen LogP) is 15.6. The zero-order chi connectivity index (χ0) is 47.6. The van der Waals surface area contributed by atoms with Crippen LogP contribution >= 0.6 is 0 Å². The van der Waals surface area contributed by atoms with E-state index in [0.717, 1.165) is 50.2 Å². The number of nitrogens with zero attached hydrogens (tertiary/aromatic N) is 3. The molecular formula is C58H53N3O. The van der Waals surface area contributed by atoms with E-state index in [2.05, 4.69) is 67.6 Å². The van der Waals surface area contributed by atoms with Crippen molar-refractivity contribution in [2.75, 3.05) is 0 Å². The number of hydrogen-bond donors (Lipinski definition) is 1. The van der Waals surface area contributed by atoms with Gasteiger partial charge in [-0.3, -0.25) is 9.55 Å². The fourth-order valence-corrected chi connectivity index (χ4v) is 8.71. The van der Waals surface area contributed by atoms with Crippen LogP contribution in [0.5, 0.6) is 5.75 Å². The summed E-state index contributed by atoms with van der Waals surface area (Å²) in [5, 5.41) is 11.8. The van der Waals surface area contributed by atoms with E-state index in [0.29, 0.717) is 55.9 Å². The molecule has 0 aliphatic heterocycles. The first kappa shape index (κ1) is 34.6. The number of imidazole rings is 1. The van der Waals surface area contributed by atoms with Crippen LogP contribution in [0.15, 0.2) is 158 Å². The van der Waals surface area contributed by atoms with Crippen LogP contribution in [0.4, 0.5) is 0 Å². The van der Waals surface area contributed by atoms with Gasteiger partial charge in [0.2, 0.25) is 0 Å². The SMILES string of the molecule is [2H]C([2H])([2H])c1cc(-c2c(C([2H])(C)C)cccc2C([2H])(C)C)ccc1-n1c(-c2cc(C)cc(C)c2O)nc2c(-c3cc(-c4ccccc4)cc(-c4cc(-c5ccc(C)cc5)ccn4)c3)cccc21. The summed E-state index contributed by atoms with van der Waals surface area (Å²) in [4.78, 5) is 10.3. The molecule has 306 valence electrons. The first-order valence-electron chi connectivity index (χ1n) is 23.6. The first-order valence-corrected chi connectivity index (χ1v) is 21.1. The second-order valence-electron chi connectivity index (χ2n) is 16.8. The minimum atomic E-state index is -2.61. The monoisotopic (exact) mass is 812 g/mol. The molecular weight excluding hydrogens is 755 g/mol. The third kappa shape index (κ3) is 7.51. The zero-order valence-corrected chi connectivity index (χ0v) is 36.3. The van der Waals surface area contributed by atoms with E-state index < -0.39 is 18.6 Å². The number of phenolic OH excluding ortho intramolecular Hbond substituents is 1. The number of aromatic nitrogens is 3. The summed E-state index contributed by atoms with van der Waals surface area (Å²) in [6, 6.07) is 50.1. The minimum absolute atomic E-state index is 0.0533. The molecule has 0 saturated carbocycles. The lowest BCUT2D eigenvalue weighted by Crippen LogP contribution is -2.03. The summed E-state index contributed by atoms with van der Waals surface area (Å²) < 4.78 is 47.3. The largest absolute Gasteiger partial charge is 0.507 e. The Morgan fingerprint density at radius 1 is 0.548 bits per heavy atom. The third-order valence-electron chi connectivity index (χ3n) is 11.8. The maximum atomic E-state index is 11.8. The van der Waals surface area contributed by atoms with Gasteiger partial charge in [0.15, 0.2) is 0 Å². The quantitative estimate of drug-likeness (QED) is 0.158. The van der Waals surface area contributed by atoms with Gasteiger partial charge in [0.1, 0.15) is 11.6 Å². The number of phenols is 1. The average molecular weight is 813 g/mol. The molecule has 0 atom stereocenters. The molecule has 9 rings (SSSR count). The van der Waals surface area contributed by atoms with Gasteiger partial charge in [-0.1, -0.05) is 130 Å². The Morgan fingerprint density at radius 2 is 1.23 bits per heavy atom. The van der Waals surface area contributed by atoms with Crippen molar-refractivity contribution in [2.24, 2.45) is 0 Å².